The highest BCUT2D eigenvalue weighted by Gasteiger charge is 2.15. The summed E-state index contributed by atoms with van der Waals surface area (Å²) in [5.41, 5.74) is 3.03. The number of anilines is 1. The van der Waals surface area contributed by atoms with E-state index in [0.717, 1.165) is 23.2 Å². The minimum Gasteiger partial charge on any atom is -0.338 e. The SMILES string of the molecule is CCCNC(=O)N(Cc1cccnc1)c1cccc(C)c1. The Morgan fingerprint density at radius 3 is 2.81 bits per heavy atom. The molecule has 4 nitrogen and oxygen atoms in total. The number of amides is 2. The van der Waals surface area contributed by atoms with Crippen LogP contribution >= 0.6 is 0 Å². The maximum atomic E-state index is 12.4. The summed E-state index contributed by atoms with van der Waals surface area (Å²) in [5.74, 6) is 0. The standard InChI is InChI=1S/C17H21N3O/c1-3-9-19-17(21)20(13-15-7-5-10-18-12-15)16-8-4-6-14(2)11-16/h4-8,10-12H,3,9,13H2,1-2H3,(H,19,21). The molecule has 0 bridgehead atoms. The lowest BCUT2D eigenvalue weighted by atomic mass is 10.2. The summed E-state index contributed by atoms with van der Waals surface area (Å²) in [7, 11) is 0. The fraction of sp³-hybridized carbons (Fsp3) is 0.294. The van der Waals surface area contributed by atoms with Gasteiger partial charge in [0.15, 0.2) is 0 Å². The second kappa shape index (κ2) is 7.43. The van der Waals surface area contributed by atoms with E-state index >= 15 is 0 Å². The lowest BCUT2D eigenvalue weighted by molar-refractivity contribution is 0.246. The van der Waals surface area contributed by atoms with Gasteiger partial charge in [0, 0.05) is 24.6 Å². The Labute approximate surface area is 125 Å². The van der Waals surface area contributed by atoms with Gasteiger partial charge in [0.1, 0.15) is 0 Å². The second-order valence-electron chi connectivity index (χ2n) is 5.02. The van der Waals surface area contributed by atoms with Crippen LogP contribution in [-0.4, -0.2) is 17.6 Å². The number of rotatable bonds is 5. The number of nitrogens with one attached hydrogen (secondary N) is 1. The number of carbonyl (C=O) groups is 1. The Morgan fingerprint density at radius 1 is 1.29 bits per heavy atom. The van der Waals surface area contributed by atoms with E-state index < -0.39 is 0 Å². The zero-order valence-electron chi connectivity index (χ0n) is 12.5. The molecule has 0 unspecified atom stereocenters. The van der Waals surface area contributed by atoms with Crippen molar-refractivity contribution in [2.45, 2.75) is 26.8 Å². The maximum absolute atomic E-state index is 12.4. The van der Waals surface area contributed by atoms with E-state index in [9.17, 15) is 4.79 Å². The Bertz CT molecular complexity index is 584. The molecule has 1 aromatic heterocycles. The Morgan fingerprint density at radius 2 is 2.14 bits per heavy atom. The molecule has 2 rings (SSSR count). The van der Waals surface area contributed by atoms with Gasteiger partial charge in [0.25, 0.3) is 0 Å². The lowest BCUT2D eigenvalue weighted by Gasteiger charge is -2.23. The van der Waals surface area contributed by atoms with Crippen LogP contribution in [0.15, 0.2) is 48.8 Å². The fourth-order valence-corrected chi connectivity index (χ4v) is 2.08. The summed E-state index contributed by atoms with van der Waals surface area (Å²) >= 11 is 0. The van der Waals surface area contributed by atoms with Gasteiger partial charge in [-0.1, -0.05) is 25.1 Å². The molecular weight excluding hydrogens is 262 g/mol. The highest BCUT2D eigenvalue weighted by molar-refractivity contribution is 5.91. The number of aromatic nitrogens is 1. The second-order valence-corrected chi connectivity index (χ2v) is 5.02. The number of nitrogens with zero attached hydrogens (tertiary/aromatic N) is 2. The molecule has 1 aromatic carbocycles. The average molecular weight is 283 g/mol. The highest BCUT2D eigenvalue weighted by atomic mass is 16.2. The van der Waals surface area contributed by atoms with Gasteiger partial charge in [-0.3, -0.25) is 9.88 Å². The molecular formula is C17H21N3O. The first-order valence-corrected chi connectivity index (χ1v) is 7.21. The van der Waals surface area contributed by atoms with E-state index in [1.807, 2.05) is 50.2 Å². The van der Waals surface area contributed by atoms with Gasteiger partial charge in [-0.2, -0.15) is 0 Å². The normalized spacial score (nSPS) is 10.2. The zero-order chi connectivity index (χ0) is 15.1. The number of hydrogen-bond donors (Lipinski definition) is 1. The monoisotopic (exact) mass is 283 g/mol. The van der Waals surface area contributed by atoms with Crippen molar-refractivity contribution >= 4 is 11.7 Å². The van der Waals surface area contributed by atoms with Crippen LogP contribution in [0.4, 0.5) is 10.5 Å². The fourth-order valence-electron chi connectivity index (χ4n) is 2.08. The van der Waals surface area contributed by atoms with Crippen molar-refractivity contribution < 1.29 is 4.79 Å². The summed E-state index contributed by atoms with van der Waals surface area (Å²) in [5, 5.41) is 2.94. The predicted octanol–water partition coefficient (Wildman–Crippen LogP) is 3.52. The van der Waals surface area contributed by atoms with Crippen molar-refractivity contribution in [1.82, 2.24) is 10.3 Å². The quantitative estimate of drug-likeness (QED) is 0.912. The Balaban J connectivity index is 2.23. The topological polar surface area (TPSA) is 45.2 Å². The molecule has 0 aliphatic rings. The third-order valence-corrected chi connectivity index (χ3v) is 3.15. The molecule has 0 saturated carbocycles. The highest BCUT2D eigenvalue weighted by Crippen LogP contribution is 2.18. The molecule has 2 aromatic rings. The van der Waals surface area contributed by atoms with E-state index in [4.69, 9.17) is 0 Å². The smallest absolute Gasteiger partial charge is 0.322 e. The zero-order valence-corrected chi connectivity index (χ0v) is 12.5. The number of hydrogen-bond acceptors (Lipinski definition) is 2. The molecule has 2 amide bonds. The third-order valence-electron chi connectivity index (χ3n) is 3.15. The minimum atomic E-state index is -0.0775. The van der Waals surface area contributed by atoms with Crippen LogP contribution in [0.1, 0.15) is 24.5 Å². The molecule has 110 valence electrons. The number of aryl methyl sites for hydroxylation is 1. The largest absolute Gasteiger partial charge is 0.338 e. The molecule has 0 spiro atoms. The van der Waals surface area contributed by atoms with E-state index in [-0.39, 0.29) is 6.03 Å². The number of benzene rings is 1. The van der Waals surface area contributed by atoms with Gasteiger partial charge in [-0.25, -0.2) is 4.79 Å². The van der Waals surface area contributed by atoms with Crippen LogP contribution in [0.25, 0.3) is 0 Å². The van der Waals surface area contributed by atoms with Gasteiger partial charge < -0.3 is 5.32 Å². The Kier molecular flexibility index (Phi) is 5.32. The van der Waals surface area contributed by atoms with Crippen molar-refractivity contribution in [3.05, 3.63) is 59.9 Å². The van der Waals surface area contributed by atoms with Crippen molar-refractivity contribution in [1.29, 1.82) is 0 Å². The van der Waals surface area contributed by atoms with Crippen LogP contribution in [0, 0.1) is 6.92 Å². The first-order valence-electron chi connectivity index (χ1n) is 7.21. The first-order chi connectivity index (χ1) is 10.2. The summed E-state index contributed by atoms with van der Waals surface area (Å²) in [6.45, 7) is 5.25. The van der Waals surface area contributed by atoms with Gasteiger partial charge in [0.05, 0.1) is 6.54 Å². The number of carbonyl (C=O) groups excluding carboxylic acids is 1. The number of urea groups is 1. The average Bonchev–Trinajstić information content (AvgIpc) is 2.51. The van der Waals surface area contributed by atoms with Crippen LogP contribution in [0.3, 0.4) is 0 Å². The molecule has 0 atom stereocenters. The van der Waals surface area contributed by atoms with E-state index in [1.54, 1.807) is 17.3 Å². The molecule has 0 aliphatic carbocycles. The molecule has 0 fully saturated rings. The molecule has 0 aliphatic heterocycles. The predicted molar refractivity (Wildman–Crippen MR) is 85.3 cm³/mol. The van der Waals surface area contributed by atoms with Crippen molar-refractivity contribution in [2.24, 2.45) is 0 Å². The van der Waals surface area contributed by atoms with Crippen LogP contribution in [0.2, 0.25) is 0 Å². The number of pyridine rings is 1. The summed E-state index contributed by atoms with van der Waals surface area (Å²) in [6.07, 6.45) is 4.44. The van der Waals surface area contributed by atoms with Gasteiger partial charge >= 0.3 is 6.03 Å². The van der Waals surface area contributed by atoms with Crippen molar-refractivity contribution in [2.75, 3.05) is 11.4 Å². The first kappa shape index (κ1) is 15.0. The third kappa shape index (κ3) is 4.31. The van der Waals surface area contributed by atoms with Gasteiger partial charge in [-0.05, 0) is 42.7 Å². The molecule has 4 heteroatoms. The van der Waals surface area contributed by atoms with Gasteiger partial charge in [0.2, 0.25) is 0 Å². The Hall–Kier alpha value is -2.36. The summed E-state index contributed by atoms with van der Waals surface area (Å²) in [4.78, 5) is 18.3. The lowest BCUT2D eigenvalue weighted by Crippen LogP contribution is -2.40. The summed E-state index contributed by atoms with van der Waals surface area (Å²) in [6, 6.07) is 11.7. The maximum Gasteiger partial charge on any atom is 0.322 e. The molecule has 21 heavy (non-hydrogen) atoms. The van der Waals surface area contributed by atoms with Crippen molar-refractivity contribution in [3.8, 4) is 0 Å². The minimum absolute atomic E-state index is 0.0775. The van der Waals surface area contributed by atoms with Crippen molar-refractivity contribution in [3.63, 3.8) is 0 Å². The summed E-state index contributed by atoms with van der Waals surface area (Å²) < 4.78 is 0. The molecule has 1 N–H and O–H groups in total. The van der Waals surface area contributed by atoms with E-state index in [2.05, 4.69) is 10.3 Å². The van der Waals surface area contributed by atoms with Crippen LogP contribution < -0.4 is 10.2 Å². The van der Waals surface area contributed by atoms with Crippen LogP contribution in [0.5, 0.6) is 0 Å². The molecule has 0 saturated heterocycles. The van der Waals surface area contributed by atoms with Gasteiger partial charge in [-0.15, -0.1) is 0 Å². The molecule has 1 heterocycles. The van der Waals surface area contributed by atoms with Crippen LogP contribution in [-0.2, 0) is 6.54 Å². The van der Waals surface area contributed by atoms with E-state index in [0.29, 0.717) is 13.1 Å². The van der Waals surface area contributed by atoms with E-state index in [1.165, 1.54) is 0 Å². The molecule has 0 radical (unpaired) electrons.